The number of benzene rings is 3. The van der Waals surface area contributed by atoms with Gasteiger partial charge in [-0.3, -0.25) is 19.1 Å². The second-order valence-corrected chi connectivity index (χ2v) is 9.54. The van der Waals surface area contributed by atoms with Gasteiger partial charge in [0.05, 0.1) is 24.6 Å². The number of para-hydroxylation sites is 2. The lowest BCUT2D eigenvalue weighted by Gasteiger charge is -2.16. The van der Waals surface area contributed by atoms with Gasteiger partial charge in [-0.1, -0.05) is 42.5 Å². The average molecular weight is 508 g/mol. The number of fused-ring (bicyclic) bond motifs is 4. The molecule has 0 unspecified atom stereocenters. The normalized spacial score (nSPS) is 14.8. The van der Waals surface area contributed by atoms with E-state index < -0.39 is 6.04 Å². The molecule has 0 saturated carbocycles. The highest BCUT2D eigenvalue weighted by molar-refractivity contribution is 6.03. The largest absolute Gasteiger partial charge is 0.497 e. The molecule has 2 N–H and O–H groups in total. The Hall–Kier alpha value is -4.59. The summed E-state index contributed by atoms with van der Waals surface area (Å²) in [6.45, 7) is 0.980. The highest BCUT2D eigenvalue weighted by Gasteiger charge is 2.40. The maximum absolute atomic E-state index is 13.7. The van der Waals surface area contributed by atoms with Crippen LogP contribution in [-0.4, -0.2) is 46.5 Å². The molecular formula is C30H29N5O3. The van der Waals surface area contributed by atoms with Crippen molar-refractivity contribution >= 4 is 39.7 Å². The maximum atomic E-state index is 13.7. The van der Waals surface area contributed by atoms with E-state index in [1.165, 1.54) is 0 Å². The molecule has 2 aromatic heterocycles. The van der Waals surface area contributed by atoms with E-state index in [2.05, 4.69) is 10.3 Å². The highest BCUT2D eigenvalue weighted by Crippen LogP contribution is 2.36. The fourth-order valence-corrected chi connectivity index (χ4v) is 5.27. The molecule has 6 rings (SSSR count). The zero-order valence-corrected chi connectivity index (χ0v) is 21.2. The number of methoxy groups -OCH3 is 1. The van der Waals surface area contributed by atoms with Crippen LogP contribution in [0.5, 0.6) is 5.75 Å². The van der Waals surface area contributed by atoms with E-state index in [0.29, 0.717) is 25.5 Å². The lowest BCUT2D eigenvalue weighted by Crippen LogP contribution is -2.34. The lowest BCUT2D eigenvalue weighted by molar-refractivity contribution is -0.127. The third kappa shape index (κ3) is 4.38. The number of carbonyl (C=O) groups is 2. The smallest absolute Gasteiger partial charge is 0.253 e. The SMILES string of the molecule is COc1ccc2[nH]cc(CCN3C(=O)[C@H](CC(=O)NCCc4ccccc4)n4c3nc3ccccc34)c2c1. The molecule has 8 nitrogen and oxygen atoms in total. The summed E-state index contributed by atoms with van der Waals surface area (Å²) in [5, 5.41) is 4.06. The number of anilines is 1. The topological polar surface area (TPSA) is 92.2 Å². The van der Waals surface area contributed by atoms with Crippen molar-refractivity contribution in [2.75, 3.05) is 25.1 Å². The number of nitrogens with zero attached hydrogens (tertiary/aromatic N) is 3. The fraction of sp³-hybridized carbons (Fsp3) is 0.233. The molecule has 5 aromatic rings. The fourth-order valence-electron chi connectivity index (χ4n) is 5.27. The average Bonchev–Trinajstić information content (AvgIpc) is 3.60. The number of imidazole rings is 1. The Kier molecular flexibility index (Phi) is 6.29. The Morgan fingerprint density at radius 1 is 1.05 bits per heavy atom. The van der Waals surface area contributed by atoms with Gasteiger partial charge >= 0.3 is 0 Å². The molecule has 8 heteroatoms. The highest BCUT2D eigenvalue weighted by atomic mass is 16.5. The molecule has 1 atom stereocenters. The first kappa shape index (κ1) is 23.8. The predicted molar refractivity (Wildman–Crippen MR) is 147 cm³/mol. The van der Waals surface area contributed by atoms with E-state index in [1.807, 2.05) is 83.6 Å². The molecule has 3 heterocycles. The molecule has 0 fully saturated rings. The molecule has 0 bridgehead atoms. The van der Waals surface area contributed by atoms with Gasteiger partial charge in [0.2, 0.25) is 11.9 Å². The van der Waals surface area contributed by atoms with Crippen molar-refractivity contribution in [1.82, 2.24) is 19.9 Å². The van der Waals surface area contributed by atoms with E-state index in [4.69, 9.17) is 9.72 Å². The van der Waals surface area contributed by atoms with Crippen LogP contribution in [0.1, 0.15) is 23.6 Å². The first-order valence-electron chi connectivity index (χ1n) is 12.9. The number of hydrogen-bond donors (Lipinski definition) is 2. The quantitative estimate of drug-likeness (QED) is 0.309. The zero-order valence-electron chi connectivity index (χ0n) is 21.2. The molecule has 1 aliphatic heterocycles. The van der Waals surface area contributed by atoms with E-state index in [1.54, 1.807) is 12.0 Å². The Morgan fingerprint density at radius 2 is 1.87 bits per heavy atom. The van der Waals surface area contributed by atoms with Gasteiger partial charge in [-0.05, 0) is 54.3 Å². The number of ether oxygens (including phenoxy) is 1. The van der Waals surface area contributed by atoms with E-state index in [9.17, 15) is 9.59 Å². The van der Waals surface area contributed by atoms with Crippen LogP contribution in [-0.2, 0) is 22.4 Å². The standard InChI is InChI=1S/C30H29N5O3/c1-38-22-11-12-24-23(17-22)21(19-32-24)14-16-34-29(37)27(35-26-10-6-5-9-25(26)33-30(34)35)18-28(36)31-15-13-20-7-3-2-4-8-20/h2-12,17,19,27,32H,13-16,18H2,1H3,(H,31,36)/t27-/m0/s1. The minimum absolute atomic E-state index is 0.0712. The van der Waals surface area contributed by atoms with E-state index in [0.717, 1.165) is 45.2 Å². The lowest BCUT2D eigenvalue weighted by atomic mass is 10.1. The van der Waals surface area contributed by atoms with E-state index in [-0.39, 0.29) is 18.2 Å². The summed E-state index contributed by atoms with van der Waals surface area (Å²) in [6, 6.07) is 23.1. The van der Waals surface area contributed by atoms with Crippen molar-refractivity contribution in [2.24, 2.45) is 0 Å². The van der Waals surface area contributed by atoms with Crippen LogP contribution in [0, 0.1) is 0 Å². The third-order valence-corrected chi connectivity index (χ3v) is 7.22. The first-order chi connectivity index (χ1) is 18.6. The molecule has 2 amide bonds. The summed E-state index contributed by atoms with van der Waals surface area (Å²) in [5.41, 5.74) is 4.94. The van der Waals surface area contributed by atoms with Gasteiger partial charge in [-0.25, -0.2) is 4.98 Å². The number of carbonyl (C=O) groups excluding carboxylic acids is 2. The molecule has 0 radical (unpaired) electrons. The van der Waals surface area contributed by atoms with Crippen molar-refractivity contribution < 1.29 is 14.3 Å². The summed E-state index contributed by atoms with van der Waals surface area (Å²) in [4.78, 5) is 36.4. The third-order valence-electron chi connectivity index (χ3n) is 7.22. The van der Waals surface area contributed by atoms with Crippen molar-refractivity contribution in [3.63, 3.8) is 0 Å². The van der Waals surface area contributed by atoms with Gasteiger partial charge in [-0.15, -0.1) is 0 Å². The number of H-pyrrole nitrogens is 1. The maximum Gasteiger partial charge on any atom is 0.253 e. The molecule has 0 spiro atoms. The zero-order chi connectivity index (χ0) is 26.1. The summed E-state index contributed by atoms with van der Waals surface area (Å²) < 4.78 is 7.32. The molecule has 38 heavy (non-hydrogen) atoms. The predicted octanol–water partition coefficient (Wildman–Crippen LogP) is 4.41. The van der Waals surface area contributed by atoms with Crippen LogP contribution in [0.15, 0.2) is 79.0 Å². The van der Waals surface area contributed by atoms with Crippen LogP contribution >= 0.6 is 0 Å². The number of rotatable bonds is 9. The van der Waals surface area contributed by atoms with Gasteiger partial charge in [0.1, 0.15) is 11.8 Å². The minimum Gasteiger partial charge on any atom is -0.497 e. The summed E-state index contributed by atoms with van der Waals surface area (Å²) >= 11 is 0. The molecule has 3 aromatic carbocycles. The monoisotopic (exact) mass is 507 g/mol. The van der Waals surface area contributed by atoms with Crippen molar-refractivity contribution in [3.8, 4) is 5.75 Å². The summed E-state index contributed by atoms with van der Waals surface area (Å²) in [6.07, 6.45) is 3.43. The van der Waals surface area contributed by atoms with E-state index >= 15 is 0 Å². The molecule has 0 aliphatic carbocycles. The van der Waals surface area contributed by atoms with Gasteiger partial charge in [0.25, 0.3) is 5.91 Å². The number of nitrogens with one attached hydrogen (secondary N) is 2. The van der Waals surface area contributed by atoms with Gasteiger partial charge in [-0.2, -0.15) is 0 Å². The Labute approximate surface area is 220 Å². The first-order valence-corrected chi connectivity index (χ1v) is 12.9. The van der Waals surface area contributed by atoms with Crippen LogP contribution in [0.3, 0.4) is 0 Å². The molecular weight excluding hydrogens is 478 g/mol. The Bertz CT molecular complexity index is 1620. The minimum atomic E-state index is -0.628. The number of aromatic amines is 1. The molecule has 0 saturated heterocycles. The van der Waals surface area contributed by atoms with Gasteiger partial charge in [0.15, 0.2) is 0 Å². The van der Waals surface area contributed by atoms with Crippen molar-refractivity contribution in [1.29, 1.82) is 0 Å². The summed E-state index contributed by atoms with van der Waals surface area (Å²) in [7, 11) is 1.65. The van der Waals surface area contributed by atoms with Gasteiger partial charge in [0, 0.05) is 30.2 Å². The number of aromatic nitrogens is 3. The van der Waals surface area contributed by atoms with Crippen LogP contribution < -0.4 is 15.0 Å². The molecule has 192 valence electrons. The Morgan fingerprint density at radius 3 is 2.71 bits per heavy atom. The summed E-state index contributed by atoms with van der Waals surface area (Å²) in [5.74, 6) is 1.13. The second kappa shape index (κ2) is 10.0. The second-order valence-electron chi connectivity index (χ2n) is 9.54. The number of hydrogen-bond acceptors (Lipinski definition) is 4. The van der Waals surface area contributed by atoms with Crippen LogP contribution in [0.4, 0.5) is 5.95 Å². The van der Waals surface area contributed by atoms with Crippen LogP contribution in [0.2, 0.25) is 0 Å². The number of amides is 2. The van der Waals surface area contributed by atoms with Crippen molar-refractivity contribution in [3.05, 3.63) is 90.1 Å². The van der Waals surface area contributed by atoms with Gasteiger partial charge < -0.3 is 15.0 Å². The van der Waals surface area contributed by atoms with Crippen molar-refractivity contribution in [2.45, 2.75) is 25.3 Å². The Balaban J connectivity index is 1.21. The van der Waals surface area contributed by atoms with Crippen LogP contribution in [0.25, 0.3) is 21.9 Å². The molecule has 1 aliphatic rings.